The van der Waals surface area contributed by atoms with Gasteiger partial charge in [-0.25, -0.2) is 9.37 Å². The maximum absolute atomic E-state index is 13.5. The summed E-state index contributed by atoms with van der Waals surface area (Å²) in [5, 5.41) is 3.08. The minimum atomic E-state index is -0.555. The maximum atomic E-state index is 13.5. The van der Waals surface area contributed by atoms with Gasteiger partial charge in [0.05, 0.1) is 11.3 Å². The number of nitrogens with zero attached hydrogens (tertiary/aromatic N) is 1. The summed E-state index contributed by atoms with van der Waals surface area (Å²) in [7, 11) is 0. The summed E-state index contributed by atoms with van der Waals surface area (Å²) in [6.07, 6.45) is 0. The Hall–Kier alpha value is -1.27. The monoisotopic (exact) mass is 328 g/mol. The smallest absolute Gasteiger partial charge is 0.260 e. The molecule has 2 rings (SSSR count). The van der Waals surface area contributed by atoms with Crippen molar-refractivity contribution in [3.05, 3.63) is 44.6 Å². The highest BCUT2D eigenvalue weighted by atomic mass is 79.9. The molecule has 0 spiro atoms. The number of hydrogen-bond acceptors (Lipinski definition) is 3. The minimum Gasteiger partial charge on any atom is -0.298 e. The molecule has 2 aromatic rings. The number of aromatic nitrogens is 1. The van der Waals surface area contributed by atoms with E-state index in [9.17, 15) is 9.18 Å². The van der Waals surface area contributed by atoms with Gasteiger partial charge < -0.3 is 0 Å². The number of carbonyl (C=O) groups is 1. The molecule has 6 heteroatoms. The van der Waals surface area contributed by atoms with Gasteiger partial charge in [-0.2, -0.15) is 0 Å². The van der Waals surface area contributed by atoms with E-state index in [4.69, 9.17) is 0 Å². The zero-order chi connectivity index (χ0) is 13.3. The summed E-state index contributed by atoms with van der Waals surface area (Å²) >= 11 is 4.58. The number of nitrogens with one attached hydrogen (secondary N) is 1. The number of hydrogen-bond donors (Lipinski definition) is 1. The van der Waals surface area contributed by atoms with Crippen LogP contribution in [0.4, 0.5) is 9.52 Å². The Labute approximate surface area is 116 Å². The van der Waals surface area contributed by atoms with Gasteiger partial charge in [-0.1, -0.05) is 15.9 Å². The number of thiazole rings is 1. The van der Waals surface area contributed by atoms with Crippen LogP contribution in [0.3, 0.4) is 0 Å². The summed E-state index contributed by atoms with van der Waals surface area (Å²) in [4.78, 5) is 17.1. The third-order valence-corrected chi connectivity index (χ3v) is 3.90. The predicted molar refractivity (Wildman–Crippen MR) is 73.6 cm³/mol. The molecule has 1 aromatic heterocycles. The fraction of sp³-hybridized carbons (Fsp3) is 0.167. The van der Waals surface area contributed by atoms with Crippen LogP contribution in [0, 0.1) is 19.7 Å². The number of benzene rings is 1. The van der Waals surface area contributed by atoms with Crippen molar-refractivity contribution in [2.24, 2.45) is 0 Å². The molecule has 0 bridgehead atoms. The molecule has 1 N–H and O–H groups in total. The van der Waals surface area contributed by atoms with Crippen LogP contribution in [0.25, 0.3) is 0 Å². The molecule has 3 nitrogen and oxygen atoms in total. The van der Waals surface area contributed by atoms with E-state index in [2.05, 4.69) is 26.2 Å². The number of rotatable bonds is 2. The van der Waals surface area contributed by atoms with Crippen molar-refractivity contribution in [1.29, 1.82) is 0 Å². The van der Waals surface area contributed by atoms with E-state index in [0.29, 0.717) is 9.60 Å². The van der Waals surface area contributed by atoms with Crippen molar-refractivity contribution in [3.63, 3.8) is 0 Å². The van der Waals surface area contributed by atoms with Crippen molar-refractivity contribution in [3.8, 4) is 0 Å². The Bertz CT molecular complexity index is 593. The lowest BCUT2D eigenvalue weighted by molar-refractivity contribution is 0.102. The summed E-state index contributed by atoms with van der Waals surface area (Å²) in [6.45, 7) is 3.78. The van der Waals surface area contributed by atoms with Gasteiger partial charge in [0.25, 0.3) is 5.91 Å². The van der Waals surface area contributed by atoms with E-state index in [1.807, 2.05) is 13.8 Å². The number of carbonyl (C=O) groups excluding carboxylic acids is 1. The number of aryl methyl sites for hydroxylation is 2. The average molecular weight is 329 g/mol. The molecule has 1 amide bonds. The van der Waals surface area contributed by atoms with Crippen LogP contribution in [0.2, 0.25) is 0 Å². The van der Waals surface area contributed by atoms with Gasteiger partial charge in [-0.05, 0) is 32.0 Å². The Balaban J connectivity index is 2.24. The first-order chi connectivity index (χ1) is 8.47. The highest BCUT2D eigenvalue weighted by Gasteiger charge is 2.14. The molecule has 0 aliphatic rings. The molecule has 0 atom stereocenters. The molecular formula is C12H10BrFN2OS. The summed E-state index contributed by atoms with van der Waals surface area (Å²) in [6, 6.07) is 4.24. The number of halogens is 2. The molecule has 0 saturated heterocycles. The zero-order valence-electron chi connectivity index (χ0n) is 9.75. The summed E-state index contributed by atoms with van der Waals surface area (Å²) < 4.78 is 14.2. The van der Waals surface area contributed by atoms with Crippen LogP contribution >= 0.6 is 27.3 Å². The summed E-state index contributed by atoms with van der Waals surface area (Å²) in [5.74, 6) is -1.05. The maximum Gasteiger partial charge on any atom is 0.260 e. The van der Waals surface area contributed by atoms with Crippen LogP contribution < -0.4 is 5.32 Å². The first kappa shape index (κ1) is 13.2. The van der Waals surface area contributed by atoms with E-state index in [1.54, 1.807) is 6.07 Å². The van der Waals surface area contributed by atoms with Gasteiger partial charge >= 0.3 is 0 Å². The highest BCUT2D eigenvalue weighted by Crippen LogP contribution is 2.23. The molecule has 94 valence electrons. The van der Waals surface area contributed by atoms with Crippen molar-refractivity contribution in [2.75, 3.05) is 5.32 Å². The lowest BCUT2D eigenvalue weighted by Crippen LogP contribution is -2.13. The molecule has 0 radical (unpaired) electrons. The fourth-order valence-corrected chi connectivity index (χ4v) is 2.53. The number of amides is 1. The van der Waals surface area contributed by atoms with Gasteiger partial charge in [-0.3, -0.25) is 10.1 Å². The van der Waals surface area contributed by atoms with Gasteiger partial charge in [0.2, 0.25) is 0 Å². The van der Waals surface area contributed by atoms with Gasteiger partial charge in [0.15, 0.2) is 5.13 Å². The van der Waals surface area contributed by atoms with Gasteiger partial charge in [-0.15, -0.1) is 11.3 Å². The second kappa shape index (κ2) is 5.16. The fourth-order valence-electron chi connectivity index (χ4n) is 1.36. The quantitative estimate of drug-likeness (QED) is 0.907. The Kier molecular flexibility index (Phi) is 3.77. The Morgan fingerprint density at radius 3 is 2.78 bits per heavy atom. The van der Waals surface area contributed by atoms with Crippen LogP contribution in [0.15, 0.2) is 22.7 Å². The Morgan fingerprint density at radius 1 is 1.44 bits per heavy atom. The average Bonchev–Trinajstić information content (AvgIpc) is 2.61. The summed E-state index contributed by atoms with van der Waals surface area (Å²) in [5.41, 5.74) is 0.861. The van der Waals surface area contributed by atoms with E-state index in [0.717, 1.165) is 10.6 Å². The molecule has 18 heavy (non-hydrogen) atoms. The third kappa shape index (κ3) is 2.76. The van der Waals surface area contributed by atoms with Crippen LogP contribution in [0.5, 0.6) is 0 Å². The molecule has 1 heterocycles. The van der Waals surface area contributed by atoms with Gasteiger partial charge in [0, 0.05) is 9.35 Å². The zero-order valence-corrected chi connectivity index (χ0v) is 12.2. The SMILES string of the molecule is Cc1nc(NC(=O)c2cc(Br)ccc2F)sc1C. The lowest BCUT2D eigenvalue weighted by atomic mass is 10.2. The molecular weight excluding hydrogens is 319 g/mol. The second-order valence-electron chi connectivity index (χ2n) is 3.74. The molecule has 0 aliphatic carbocycles. The highest BCUT2D eigenvalue weighted by molar-refractivity contribution is 9.10. The van der Waals surface area contributed by atoms with E-state index >= 15 is 0 Å². The Morgan fingerprint density at radius 2 is 2.17 bits per heavy atom. The van der Waals surface area contributed by atoms with E-state index in [1.165, 1.54) is 23.5 Å². The van der Waals surface area contributed by atoms with Crippen molar-refractivity contribution >= 4 is 38.3 Å². The molecule has 1 aromatic carbocycles. The number of anilines is 1. The normalized spacial score (nSPS) is 10.4. The van der Waals surface area contributed by atoms with E-state index < -0.39 is 11.7 Å². The topological polar surface area (TPSA) is 42.0 Å². The van der Waals surface area contributed by atoms with Crippen molar-refractivity contribution in [1.82, 2.24) is 4.98 Å². The predicted octanol–water partition coefficient (Wildman–Crippen LogP) is 3.91. The lowest BCUT2D eigenvalue weighted by Gasteiger charge is -2.03. The van der Waals surface area contributed by atoms with Crippen molar-refractivity contribution in [2.45, 2.75) is 13.8 Å². The third-order valence-electron chi connectivity index (χ3n) is 2.42. The first-order valence-electron chi connectivity index (χ1n) is 5.18. The first-order valence-corrected chi connectivity index (χ1v) is 6.79. The van der Waals surface area contributed by atoms with Crippen LogP contribution in [-0.4, -0.2) is 10.9 Å². The standard InChI is InChI=1S/C12H10BrFN2OS/c1-6-7(2)18-12(15-6)16-11(17)9-5-8(13)3-4-10(9)14/h3-5H,1-2H3,(H,15,16,17). The van der Waals surface area contributed by atoms with E-state index in [-0.39, 0.29) is 5.56 Å². The molecule has 0 aliphatic heterocycles. The van der Waals surface area contributed by atoms with Crippen LogP contribution in [-0.2, 0) is 0 Å². The minimum absolute atomic E-state index is 0.00474. The molecule has 0 unspecified atom stereocenters. The van der Waals surface area contributed by atoms with Crippen molar-refractivity contribution < 1.29 is 9.18 Å². The second-order valence-corrected chi connectivity index (χ2v) is 5.86. The molecule has 0 fully saturated rings. The molecule has 0 saturated carbocycles. The van der Waals surface area contributed by atoms with Crippen LogP contribution in [0.1, 0.15) is 20.9 Å². The van der Waals surface area contributed by atoms with Gasteiger partial charge in [0.1, 0.15) is 5.82 Å². The largest absolute Gasteiger partial charge is 0.298 e.